The summed E-state index contributed by atoms with van der Waals surface area (Å²) >= 11 is 0. The van der Waals surface area contributed by atoms with Crippen LogP contribution >= 0.6 is 0 Å². The zero-order valence-corrected chi connectivity index (χ0v) is 33.6. The fourth-order valence-corrected chi connectivity index (χ4v) is 10.5. The maximum absolute atomic E-state index is 2.50. The Labute approximate surface area is 356 Å². The van der Waals surface area contributed by atoms with Crippen LogP contribution in [0.4, 0.5) is 0 Å². The van der Waals surface area contributed by atoms with Gasteiger partial charge in [-0.25, -0.2) is 0 Å². The number of benzene rings is 11. The van der Waals surface area contributed by atoms with Crippen molar-refractivity contribution in [1.82, 2.24) is 0 Å². The third-order valence-electron chi connectivity index (χ3n) is 13.2. The van der Waals surface area contributed by atoms with Crippen molar-refractivity contribution in [2.75, 3.05) is 0 Å². The highest BCUT2D eigenvalue weighted by Crippen LogP contribution is 2.59. The van der Waals surface area contributed by atoms with Gasteiger partial charge in [-0.15, -0.1) is 0 Å². The molecule has 0 heteroatoms. The van der Waals surface area contributed by atoms with Gasteiger partial charge in [0.1, 0.15) is 0 Å². The van der Waals surface area contributed by atoms with Crippen LogP contribution in [0.3, 0.4) is 0 Å². The van der Waals surface area contributed by atoms with E-state index in [0.29, 0.717) is 0 Å². The molecule has 11 aromatic carbocycles. The third-order valence-corrected chi connectivity index (χ3v) is 13.2. The highest BCUT2D eigenvalue weighted by atomic mass is 14.5. The van der Waals surface area contributed by atoms with Crippen molar-refractivity contribution in [2.24, 2.45) is 0 Å². The molecule has 0 saturated carbocycles. The first-order chi connectivity index (χ1) is 30.3. The monoisotopic (exact) mass is 772 g/mol. The van der Waals surface area contributed by atoms with E-state index in [9.17, 15) is 0 Å². The summed E-state index contributed by atoms with van der Waals surface area (Å²) in [6.07, 6.45) is 0. The van der Waals surface area contributed by atoms with E-state index in [1.54, 1.807) is 0 Å². The van der Waals surface area contributed by atoms with Gasteiger partial charge < -0.3 is 0 Å². The normalized spacial score (nSPS) is 12.7. The average molecular weight is 773 g/mol. The zero-order chi connectivity index (χ0) is 40.3. The van der Waals surface area contributed by atoms with E-state index in [1.165, 1.54) is 110 Å². The summed E-state index contributed by atoms with van der Waals surface area (Å²) in [5.41, 5.74) is 17.1. The van der Waals surface area contributed by atoms with Crippen LogP contribution in [0.2, 0.25) is 0 Å². The summed E-state index contributed by atoms with van der Waals surface area (Å²) in [6, 6.07) is 89.9. The Morgan fingerprint density at radius 1 is 0.230 bits per heavy atom. The summed E-state index contributed by atoms with van der Waals surface area (Å²) in [5, 5.41) is 7.55. The largest absolute Gasteiger partial charge is 0.0719 e. The lowest BCUT2D eigenvalue weighted by Gasteiger charge is -2.35. The number of fused-ring (bicyclic) bond motifs is 7. The second-order valence-corrected chi connectivity index (χ2v) is 16.3. The van der Waals surface area contributed by atoms with E-state index in [-0.39, 0.29) is 0 Å². The van der Waals surface area contributed by atoms with Gasteiger partial charge in [-0.2, -0.15) is 0 Å². The smallest absolute Gasteiger partial charge is 0.0622 e. The van der Waals surface area contributed by atoms with Crippen molar-refractivity contribution < 1.29 is 0 Å². The SMILES string of the molecule is c1ccc(-c2ccc(-c3ccc4c(c3)C(c3ccccc3)(c3ccccc3)c3c-4ccc4cc(-c5ccc(-c6ccccc6)c6ccccc56)ccc34)c3ccccc23)cc1. The maximum Gasteiger partial charge on any atom is 0.0719 e. The Hall–Kier alpha value is -7.80. The van der Waals surface area contributed by atoms with Crippen LogP contribution in [0, 0.1) is 0 Å². The molecule has 0 unspecified atom stereocenters. The lowest BCUT2D eigenvalue weighted by atomic mass is 9.66. The molecule has 0 atom stereocenters. The molecule has 0 N–H and O–H groups in total. The van der Waals surface area contributed by atoms with Gasteiger partial charge >= 0.3 is 0 Å². The van der Waals surface area contributed by atoms with E-state index in [1.807, 2.05) is 0 Å². The Kier molecular flexibility index (Phi) is 8.18. The maximum atomic E-state index is 2.50. The molecule has 0 saturated heterocycles. The van der Waals surface area contributed by atoms with Gasteiger partial charge in [0, 0.05) is 0 Å². The topological polar surface area (TPSA) is 0 Å². The zero-order valence-electron chi connectivity index (χ0n) is 33.6. The molecule has 0 amide bonds. The van der Waals surface area contributed by atoms with Gasteiger partial charge in [0.15, 0.2) is 0 Å². The second-order valence-electron chi connectivity index (χ2n) is 16.3. The van der Waals surface area contributed by atoms with Crippen molar-refractivity contribution in [2.45, 2.75) is 5.41 Å². The summed E-state index contributed by atoms with van der Waals surface area (Å²) in [5.74, 6) is 0. The first kappa shape index (κ1) is 35.2. The minimum absolute atomic E-state index is 0.561. The quantitative estimate of drug-likeness (QED) is 0.158. The molecule has 61 heavy (non-hydrogen) atoms. The average Bonchev–Trinajstić information content (AvgIpc) is 3.65. The van der Waals surface area contributed by atoms with Crippen LogP contribution in [0.15, 0.2) is 243 Å². The van der Waals surface area contributed by atoms with Gasteiger partial charge in [-0.3, -0.25) is 0 Å². The predicted octanol–water partition coefficient (Wildman–Crippen LogP) is 16.2. The molecule has 0 aromatic heterocycles. The summed E-state index contributed by atoms with van der Waals surface area (Å²) in [7, 11) is 0. The van der Waals surface area contributed by atoms with Crippen molar-refractivity contribution in [3.63, 3.8) is 0 Å². The Morgan fingerprint density at radius 2 is 0.607 bits per heavy atom. The molecule has 0 heterocycles. The van der Waals surface area contributed by atoms with Crippen molar-refractivity contribution >= 4 is 32.3 Å². The molecule has 12 rings (SSSR count). The van der Waals surface area contributed by atoms with E-state index in [4.69, 9.17) is 0 Å². The summed E-state index contributed by atoms with van der Waals surface area (Å²) in [6.45, 7) is 0. The molecule has 11 aromatic rings. The fourth-order valence-electron chi connectivity index (χ4n) is 10.5. The van der Waals surface area contributed by atoms with Crippen LogP contribution in [0.25, 0.3) is 88.0 Å². The van der Waals surface area contributed by atoms with Gasteiger partial charge in [0.25, 0.3) is 0 Å². The van der Waals surface area contributed by atoms with Crippen molar-refractivity contribution in [3.8, 4) is 55.6 Å². The minimum Gasteiger partial charge on any atom is -0.0622 e. The second kappa shape index (κ2) is 14.2. The Balaban J connectivity index is 1.09. The first-order valence-electron chi connectivity index (χ1n) is 21.3. The summed E-state index contributed by atoms with van der Waals surface area (Å²) in [4.78, 5) is 0. The molecule has 0 aliphatic heterocycles. The molecule has 0 nitrogen and oxygen atoms in total. The molecule has 1 aliphatic carbocycles. The van der Waals surface area contributed by atoms with Gasteiger partial charge in [-0.05, 0) is 122 Å². The predicted molar refractivity (Wildman–Crippen MR) is 258 cm³/mol. The van der Waals surface area contributed by atoms with Crippen molar-refractivity contribution in [3.05, 3.63) is 265 Å². The Morgan fingerprint density at radius 3 is 1.10 bits per heavy atom. The molecule has 0 bridgehead atoms. The van der Waals surface area contributed by atoms with E-state index in [0.717, 1.165) is 0 Å². The highest BCUT2D eigenvalue weighted by Gasteiger charge is 2.47. The molecular formula is C61H40. The van der Waals surface area contributed by atoms with Crippen LogP contribution in [0.1, 0.15) is 22.3 Å². The van der Waals surface area contributed by atoms with Crippen LogP contribution < -0.4 is 0 Å². The standard InChI is InChI=1S/C61H40/c1-5-17-41(18-6-1)48-35-37-50(55-27-15-13-25-53(48)55)43-29-32-52-44(39-43)31-34-58-57-33-30-45(51-38-36-49(42-19-7-2-8-20-42)54-26-14-16-28-56(51)54)40-59(57)61(60(52)58,46-21-9-3-10-22-46)47-23-11-4-12-24-47/h1-40H. The number of hydrogen-bond donors (Lipinski definition) is 0. The van der Waals surface area contributed by atoms with E-state index < -0.39 is 5.41 Å². The van der Waals surface area contributed by atoms with E-state index in [2.05, 4.69) is 243 Å². The van der Waals surface area contributed by atoms with E-state index >= 15 is 0 Å². The first-order valence-corrected chi connectivity index (χ1v) is 21.3. The summed E-state index contributed by atoms with van der Waals surface area (Å²) < 4.78 is 0. The lowest BCUT2D eigenvalue weighted by molar-refractivity contribution is 0.776. The lowest BCUT2D eigenvalue weighted by Crippen LogP contribution is -2.28. The van der Waals surface area contributed by atoms with Crippen LogP contribution in [0.5, 0.6) is 0 Å². The third kappa shape index (κ3) is 5.46. The van der Waals surface area contributed by atoms with Crippen LogP contribution in [-0.2, 0) is 5.41 Å². The molecular weight excluding hydrogens is 733 g/mol. The molecule has 0 fully saturated rings. The number of hydrogen-bond acceptors (Lipinski definition) is 0. The van der Waals surface area contributed by atoms with Gasteiger partial charge in [0.05, 0.1) is 5.41 Å². The van der Waals surface area contributed by atoms with Gasteiger partial charge in [-0.1, -0.05) is 231 Å². The molecule has 284 valence electrons. The highest BCUT2D eigenvalue weighted by molar-refractivity contribution is 6.09. The fraction of sp³-hybridized carbons (Fsp3) is 0.0164. The van der Waals surface area contributed by atoms with Crippen molar-refractivity contribution in [1.29, 1.82) is 0 Å². The van der Waals surface area contributed by atoms with Crippen LogP contribution in [-0.4, -0.2) is 0 Å². The molecule has 1 aliphatic rings. The van der Waals surface area contributed by atoms with Gasteiger partial charge in [0.2, 0.25) is 0 Å². The molecule has 0 spiro atoms. The molecule has 0 radical (unpaired) electrons. The minimum atomic E-state index is -0.561. The Bertz CT molecular complexity index is 3400. The number of rotatable bonds is 6.